The minimum atomic E-state index is -0.133. The Morgan fingerprint density at radius 1 is 1.60 bits per heavy atom. The summed E-state index contributed by atoms with van der Waals surface area (Å²) in [6.45, 7) is 5.60. The Morgan fingerprint density at radius 3 is 3.20 bits per heavy atom. The second-order valence-corrected chi connectivity index (χ2v) is 5.73. The molecule has 0 saturated carbocycles. The van der Waals surface area contributed by atoms with Crippen LogP contribution < -0.4 is 5.73 Å². The fourth-order valence-electron chi connectivity index (χ4n) is 2.85. The van der Waals surface area contributed by atoms with Gasteiger partial charge in [-0.25, -0.2) is 4.98 Å². The average molecular weight is 223 g/mol. The van der Waals surface area contributed by atoms with Gasteiger partial charge < -0.3 is 10.6 Å². The summed E-state index contributed by atoms with van der Waals surface area (Å²) in [6.07, 6.45) is 2.32. The molecule has 2 bridgehead atoms. The molecule has 1 aromatic rings. The number of piperidine rings is 1. The minimum absolute atomic E-state index is 0.133. The maximum absolute atomic E-state index is 6.60. The predicted molar refractivity (Wildman–Crippen MR) is 61.9 cm³/mol. The lowest BCUT2D eigenvalue weighted by atomic mass is 9.80. The Balaban J connectivity index is 1.95. The minimum Gasteiger partial charge on any atom is -0.319 e. The number of nitrogens with zero attached hydrogens (tertiary/aromatic N) is 2. The molecule has 3 nitrogen and oxygen atoms in total. The summed E-state index contributed by atoms with van der Waals surface area (Å²) in [5.41, 5.74) is 7.57. The highest BCUT2D eigenvalue weighted by Crippen LogP contribution is 2.41. The topological polar surface area (TPSA) is 42.1 Å². The number of thiazole rings is 1. The molecule has 2 N–H and O–H groups in total. The normalized spacial score (nSPS) is 39.6. The van der Waals surface area contributed by atoms with Crippen molar-refractivity contribution < 1.29 is 0 Å². The molecular formula is C11H17N3S. The Bertz CT molecular complexity index is 376. The maximum Gasteiger partial charge on any atom is 0.113 e. The predicted octanol–water partition coefficient (Wildman–Crippen LogP) is 1.33. The molecule has 0 aliphatic carbocycles. The molecule has 0 aromatic carbocycles. The third-order valence-corrected chi connectivity index (χ3v) is 5.01. The number of fused-ring (bicyclic) bond motifs is 2. The third-order valence-electron chi connectivity index (χ3n) is 3.86. The van der Waals surface area contributed by atoms with Gasteiger partial charge in [0, 0.05) is 24.2 Å². The van der Waals surface area contributed by atoms with Gasteiger partial charge in [-0.2, -0.15) is 0 Å². The first kappa shape index (κ1) is 9.75. The summed E-state index contributed by atoms with van der Waals surface area (Å²) < 4.78 is 0. The number of hydrogen-bond acceptors (Lipinski definition) is 4. The molecule has 2 aliphatic heterocycles. The molecule has 3 rings (SSSR count). The number of rotatable bonds is 1. The first-order valence-electron chi connectivity index (χ1n) is 5.62. The van der Waals surface area contributed by atoms with E-state index in [4.69, 9.17) is 5.73 Å². The Kier molecular flexibility index (Phi) is 2.13. The van der Waals surface area contributed by atoms with Crippen molar-refractivity contribution in [3.8, 4) is 0 Å². The van der Waals surface area contributed by atoms with Gasteiger partial charge in [0.2, 0.25) is 0 Å². The van der Waals surface area contributed by atoms with Gasteiger partial charge >= 0.3 is 0 Å². The molecule has 2 saturated heterocycles. The first-order chi connectivity index (χ1) is 7.18. The number of aromatic nitrogens is 1. The number of nitrogens with two attached hydrogens (primary N) is 1. The van der Waals surface area contributed by atoms with Crippen LogP contribution in [0.25, 0.3) is 0 Å². The van der Waals surface area contributed by atoms with Crippen LogP contribution in [-0.4, -0.2) is 29.5 Å². The van der Waals surface area contributed by atoms with Crippen LogP contribution in [0.15, 0.2) is 5.38 Å². The molecule has 15 heavy (non-hydrogen) atoms. The van der Waals surface area contributed by atoms with E-state index in [2.05, 4.69) is 15.3 Å². The monoisotopic (exact) mass is 223 g/mol. The first-order valence-corrected chi connectivity index (χ1v) is 6.50. The maximum atomic E-state index is 6.60. The van der Waals surface area contributed by atoms with Crippen LogP contribution in [0, 0.1) is 12.8 Å². The average Bonchev–Trinajstić information content (AvgIpc) is 2.81. The summed E-state index contributed by atoms with van der Waals surface area (Å²) in [5.74, 6) is 0.622. The van der Waals surface area contributed by atoms with Crippen LogP contribution in [0.2, 0.25) is 0 Å². The quantitative estimate of drug-likeness (QED) is 0.781. The van der Waals surface area contributed by atoms with E-state index in [1.165, 1.54) is 19.5 Å². The second kappa shape index (κ2) is 3.27. The van der Waals surface area contributed by atoms with Gasteiger partial charge in [-0.15, -0.1) is 11.3 Å². The summed E-state index contributed by atoms with van der Waals surface area (Å²) >= 11 is 1.74. The van der Waals surface area contributed by atoms with Crippen molar-refractivity contribution in [3.63, 3.8) is 0 Å². The van der Waals surface area contributed by atoms with Crippen molar-refractivity contribution in [2.24, 2.45) is 11.7 Å². The van der Waals surface area contributed by atoms with E-state index in [0.29, 0.717) is 5.92 Å². The second-order valence-electron chi connectivity index (χ2n) is 4.87. The van der Waals surface area contributed by atoms with Gasteiger partial charge in [-0.1, -0.05) is 0 Å². The van der Waals surface area contributed by atoms with E-state index >= 15 is 0 Å². The van der Waals surface area contributed by atoms with Crippen LogP contribution in [0.3, 0.4) is 0 Å². The molecule has 0 radical (unpaired) electrons. The molecular weight excluding hydrogens is 206 g/mol. The summed E-state index contributed by atoms with van der Waals surface area (Å²) in [5, 5.41) is 3.28. The zero-order valence-corrected chi connectivity index (χ0v) is 9.89. The van der Waals surface area contributed by atoms with Crippen LogP contribution in [-0.2, 0) is 5.54 Å². The van der Waals surface area contributed by atoms with E-state index in [0.717, 1.165) is 23.7 Å². The lowest BCUT2D eigenvalue weighted by Gasteiger charge is -2.38. The highest BCUT2D eigenvalue weighted by Gasteiger charge is 2.46. The molecule has 3 unspecified atom stereocenters. The highest BCUT2D eigenvalue weighted by molar-refractivity contribution is 7.09. The standard InChI is InChI=1S/C11H17N3S/c1-8-7-15-10(13-8)11(12)3-5-14-4-2-9(11)6-14/h7,9H,2-6,12H2,1H3. The van der Waals surface area contributed by atoms with Crippen LogP contribution in [0.4, 0.5) is 0 Å². The Labute approximate surface area is 94.3 Å². The molecule has 0 amide bonds. The van der Waals surface area contributed by atoms with Crippen LogP contribution >= 0.6 is 11.3 Å². The SMILES string of the molecule is Cc1csc(C2(N)CCN3CCC2C3)n1. The van der Waals surface area contributed by atoms with Gasteiger partial charge in [0.1, 0.15) is 5.01 Å². The Morgan fingerprint density at radius 2 is 2.47 bits per heavy atom. The highest BCUT2D eigenvalue weighted by atomic mass is 32.1. The van der Waals surface area contributed by atoms with E-state index in [-0.39, 0.29) is 5.54 Å². The van der Waals surface area contributed by atoms with Gasteiger partial charge in [0.15, 0.2) is 0 Å². The molecule has 0 spiro atoms. The molecule has 2 fully saturated rings. The zero-order valence-electron chi connectivity index (χ0n) is 9.07. The fourth-order valence-corrected chi connectivity index (χ4v) is 3.87. The van der Waals surface area contributed by atoms with Crippen molar-refractivity contribution in [2.45, 2.75) is 25.3 Å². The van der Waals surface area contributed by atoms with E-state index in [9.17, 15) is 0 Å². The van der Waals surface area contributed by atoms with Gasteiger partial charge in [0.25, 0.3) is 0 Å². The largest absolute Gasteiger partial charge is 0.319 e. The molecule has 3 atom stereocenters. The summed E-state index contributed by atoms with van der Waals surface area (Å²) in [7, 11) is 0. The van der Waals surface area contributed by atoms with E-state index < -0.39 is 0 Å². The molecule has 1 aromatic heterocycles. The molecule has 82 valence electrons. The third kappa shape index (κ3) is 1.43. The van der Waals surface area contributed by atoms with E-state index in [1.54, 1.807) is 11.3 Å². The number of hydrogen-bond donors (Lipinski definition) is 1. The molecule has 4 heteroatoms. The summed E-state index contributed by atoms with van der Waals surface area (Å²) in [4.78, 5) is 7.12. The van der Waals surface area contributed by atoms with Crippen molar-refractivity contribution in [3.05, 3.63) is 16.1 Å². The van der Waals surface area contributed by atoms with Crippen molar-refractivity contribution in [1.29, 1.82) is 0 Å². The molecule has 3 heterocycles. The Hall–Kier alpha value is -0.450. The van der Waals surface area contributed by atoms with Gasteiger partial charge in [-0.05, 0) is 32.2 Å². The van der Waals surface area contributed by atoms with E-state index in [1.807, 2.05) is 6.92 Å². The van der Waals surface area contributed by atoms with Crippen LogP contribution in [0.5, 0.6) is 0 Å². The van der Waals surface area contributed by atoms with Gasteiger partial charge in [0.05, 0.1) is 5.54 Å². The smallest absolute Gasteiger partial charge is 0.113 e. The van der Waals surface area contributed by atoms with Crippen molar-refractivity contribution in [2.75, 3.05) is 19.6 Å². The van der Waals surface area contributed by atoms with Gasteiger partial charge in [-0.3, -0.25) is 0 Å². The fraction of sp³-hybridized carbons (Fsp3) is 0.727. The summed E-state index contributed by atoms with van der Waals surface area (Å²) in [6, 6.07) is 0. The molecule has 2 aliphatic rings. The lowest BCUT2D eigenvalue weighted by molar-refractivity contribution is 0.168. The van der Waals surface area contributed by atoms with Crippen molar-refractivity contribution >= 4 is 11.3 Å². The zero-order chi connectivity index (χ0) is 10.5. The lowest BCUT2D eigenvalue weighted by Crippen LogP contribution is -2.50. The van der Waals surface area contributed by atoms with Crippen molar-refractivity contribution in [1.82, 2.24) is 9.88 Å². The number of aryl methyl sites for hydroxylation is 1. The van der Waals surface area contributed by atoms with Crippen LogP contribution in [0.1, 0.15) is 23.5 Å².